The molecule has 2 aromatic heterocycles. The molecule has 0 saturated heterocycles. The van der Waals surface area contributed by atoms with Crippen LogP contribution in [-0.4, -0.2) is 9.13 Å². The number of fused-ring (bicyclic) bond motifs is 6. The van der Waals surface area contributed by atoms with Crippen molar-refractivity contribution >= 4 is 22.1 Å². The molecule has 6 rings (SSSR count). The van der Waals surface area contributed by atoms with Crippen molar-refractivity contribution in [3.8, 4) is 11.6 Å². The lowest BCUT2D eigenvalue weighted by atomic mass is 10.3. The molecule has 21 heavy (non-hydrogen) atoms. The van der Waals surface area contributed by atoms with Crippen LogP contribution in [0, 0.1) is 0 Å². The first-order chi connectivity index (χ1) is 10.4. The zero-order valence-electron chi connectivity index (χ0n) is 11.7. The summed E-state index contributed by atoms with van der Waals surface area (Å²) in [6, 6.07) is 17.4. The van der Waals surface area contributed by atoms with Crippen molar-refractivity contribution in [1.82, 2.24) is 9.13 Å². The van der Waals surface area contributed by atoms with Gasteiger partial charge in [-0.1, -0.05) is 24.3 Å². The van der Waals surface area contributed by atoms with Crippen molar-refractivity contribution in [3.63, 3.8) is 0 Å². The Labute approximate surface area is 121 Å². The molecule has 0 atom stereocenters. The van der Waals surface area contributed by atoms with Crippen molar-refractivity contribution in [2.24, 2.45) is 0 Å². The lowest BCUT2D eigenvalue weighted by molar-refractivity contribution is -0.853. The third-order valence-corrected chi connectivity index (χ3v) is 5.06. The summed E-state index contributed by atoms with van der Waals surface area (Å²) in [4.78, 5) is 0. The van der Waals surface area contributed by atoms with E-state index in [2.05, 4.69) is 73.7 Å². The molecule has 0 saturated carbocycles. The number of rotatable bonds is 0. The molecule has 0 amide bonds. The average Bonchev–Trinajstić information content (AvgIpc) is 3.19. The van der Waals surface area contributed by atoms with E-state index in [-0.39, 0.29) is 0 Å². The van der Waals surface area contributed by atoms with Crippen LogP contribution < -0.4 is 9.13 Å². The number of imidazole rings is 2. The highest BCUT2D eigenvalue weighted by molar-refractivity contribution is 5.81. The molecule has 0 radical (unpaired) electrons. The van der Waals surface area contributed by atoms with Crippen molar-refractivity contribution in [1.29, 1.82) is 0 Å². The average molecular weight is 274 g/mol. The van der Waals surface area contributed by atoms with Gasteiger partial charge in [0.15, 0.2) is 22.1 Å². The van der Waals surface area contributed by atoms with E-state index in [1.807, 2.05) is 0 Å². The molecule has 0 bridgehead atoms. The number of aromatic nitrogens is 4. The summed E-state index contributed by atoms with van der Waals surface area (Å²) >= 11 is 0. The zero-order chi connectivity index (χ0) is 13.7. The van der Waals surface area contributed by atoms with Gasteiger partial charge in [0.25, 0.3) is 0 Å². The summed E-state index contributed by atoms with van der Waals surface area (Å²) in [6.07, 6.45) is 0.326. The van der Waals surface area contributed by atoms with Gasteiger partial charge in [-0.25, -0.2) is 0 Å². The van der Waals surface area contributed by atoms with Gasteiger partial charge in [0.05, 0.1) is 0 Å². The number of para-hydroxylation sites is 4. The van der Waals surface area contributed by atoms with Crippen LogP contribution in [-0.2, 0) is 6.67 Å². The van der Waals surface area contributed by atoms with Gasteiger partial charge < -0.3 is 0 Å². The summed E-state index contributed by atoms with van der Waals surface area (Å²) in [5.41, 5.74) is 5.33. The van der Waals surface area contributed by atoms with E-state index in [9.17, 15) is 0 Å². The quantitative estimate of drug-likeness (QED) is 0.385. The maximum atomic E-state index is 2.47. The fraction of sp³-hybridized carbons (Fsp3) is 0.176. The molecular formula is C17H14N4+2. The van der Waals surface area contributed by atoms with Gasteiger partial charge in [0.2, 0.25) is 12.8 Å². The van der Waals surface area contributed by atoms with E-state index >= 15 is 0 Å². The van der Waals surface area contributed by atoms with Crippen LogP contribution in [0.2, 0.25) is 0 Å². The molecule has 0 spiro atoms. The van der Waals surface area contributed by atoms with E-state index < -0.39 is 0 Å². The molecule has 0 unspecified atom stereocenters. The molecule has 2 aliphatic heterocycles. The maximum Gasteiger partial charge on any atom is 0.381 e. The fourth-order valence-corrected chi connectivity index (χ4v) is 4.27. The summed E-state index contributed by atoms with van der Waals surface area (Å²) in [7, 11) is 0. The maximum absolute atomic E-state index is 2.47. The highest BCUT2D eigenvalue weighted by atomic mass is 15.5. The van der Waals surface area contributed by atoms with Gasteiger partial charge >= 0.3 is 11.6 Å². The van der Waals surface area contributed by atoms with Gasteiger partial charge in [0, 0.05) is 6.92 Å². The molecular weight excluding hydrogens is 260 g/mol. The van der Waals surface area contributed by atoms with E-state index in [1.165, 1.54) is 33.7 Å². The number of benzene rings is 2. The second-order valence-corrected chi connectivity index (χ2v) is 5.99. The Hall–Kier alpha value is -2.62. The summed E-state index contributed by atoms with van der Waals surface area (Å²) in [5.74, 6) is 2.69. The smallest absolute Gasteiger partial charge is 0.177 e. The molecule has 2 aliphatic rings. The van der Waals surface area contributed by atoms with Crippen LogP contribution in [0.3, 0.4) is 0 Å². The normalized spacial score (nSPS) is 15.5. The van der Waals surface area contributed by atoms with Crippen molar-refractivity contribution in [2.75, 3.05) is 0 Å². The molecule has 4 heterocycles. The van der Waals surface area contributed by atoms with E-state index in [1.54, 1.807) is 0 Å². The summed E-state index contributed by atoms with van der Waals surface area (Å²) < 4.78 is 9.83. The highest BCUT2D eigenvalue weighted by Crippen LogP contribution is 2.39. The summed E-state index contributed by atoms with van der Waals surface area (Å²) in [5, 5.41) is 0. The van der Waals surface area contributed by atoms with Crippen molar-refractivity contribution < 1.29 is 9.13 Å². The Balaban J connectivity index is 1.90. The Bertz CT molecular complexity index is 997. The second kappa shape index (κ2) is 3.01. The van der Waals surface area contributed by atoms with Crippen LogP contribution >= 0.6 is 0 Å². The minimum absolute atomic E-state index is 0.326. The predicted octanol–water partition coefficient (Wildman–Crippen LogP) is 2.04. The zero-order valence-corrected chi connectivity index (χ0v) is 11.7. The Kier molecular flexibility index (Phi) is 1.45. The van der Waals surface area contributed by atoms with Crippen LogP contribution in [0.1, 0.15) is 13.1 Å². The first kappa shape index (κ1) is 10.2. The number of nitrogens with zero attached hydrogens (tertiary/aromatic N) is 4. The van der Waals surface area contributed by atoms with Gasteiger partial charge in [-0.15, -0.1) is 0 Å². The topological polar surface area (TPSA) is 17.6 Å². The SMILES string of the molecule is CC1n2c3[n+](c4ccccc42)C[n+]2c-3n1c1ccccc12. The van der Waals surface area contributed by atoms with Crippen LogP contribution in [0.5, 0.6) is 0 Å². The predicted molar refractivity (Wildman–Crippen MR) is 78.8 cm³/mol. The lowest BCUT2D eigenvalue weighted by Gasteiger charge is -2.01. The van der Waals surface area contributed by atoms with Crippen molar-refractivity contribution in [3.05, 3.63) is 48.5 Å². The van der Waals surface area contributed by atoms with E-state index in [0.717, 1.165) is 6.67 Å². The molecule has 4 aromatic rings. The highest BCUT2D eigenvalue weighted by Gasteiger charge is 2.53. The van der Waals surface area contributed by atoms with Gasteiger partial charge in [-0.05, 0) is 24.3 Å². The third kappa shape index (κ3) is 0.906. The van der Waals surface area contributed by atoms with Crippen LogP contribution in [0.15, 0.2) is 48.5 Å². The first-order valence-corrected chi connectivity index (χ1v) is 7.42. The largest absolute Gasteiger partial charge is 0.381 e. The van der Waals surface area contributed by atoms with Gasteiger partial charge in [0.1, 0.15) is 0 Å². The fourth-order valence-electron chi connectivity index (χ4n) is 4.27. The van der Waals surface area contributed by atoms with Crippen LogP contribution in [0.25, 0.3) is 33.7 Å². The number of hydrogen-bond donors (Lipinski definition) is 0. The molecule has 100 valence electrons. The Morgan fingerprint density at radius 1 is 0.810 bits per heavy atom. The number of hydrogen-bond acceptors (Lipinski definition) is 0. The van der Waals surface area contributed by atoms with E-state index in [4.69, 9.17) is 0 Å². The molecule has 4 heteroatoms. The minimum Gasteiger partial charge on any atom is -0.177 e. The molecule has 2 aromatic carbocycles. The lowest BCUT2D eigenvalue weighted by Crippen LogP contribution is -2.45. The Morgan fingerprint density at radius 3 is 1.81 bits per heavy atom. The van der Waals surface area contributed by atoms with Crippen molar-refractivity contribution in [2.45, 2.75) is 19.8 Å². The summed E-state index contributed by atoms with van der Waals surface area (Å²) in [6.45, 7) is 3.21. The molecule has 0 N–H and O–H groups in total. The molecule has 0 aliphatic carbocycles. The van der Waals surface area contributed by atoms with Gasteiger partial charge in [-0.3, -0.25) is 0 Å². The van der Waals surface area contributed by atoms with Gasteiger partial charge in [-0.2, -0.15) is 18.3 Å². The Morgan fingerprint density at radius 2 is 1.29 bits per heavy atom. The molecule has 4 nitrogen and oxygen atoms in total. The van der Waals surface area contributed by atoms with Crippen LogP contribution in [0.4, 0.5) is 0 Å². The minimum atomic E-state index is 0.326. The molecule has 0 fully saturated rings. The third-order valence-electron chi connectivity index (χ3n) is 5.06. The van der Waals surface area contributed by atoms with E-state index in [0.29, 0.717) is 6.17 Å². The monoisotopic (exact) mass is 274 g/mol. The first-order valence-electron chi connectivity index (χ1n) is 7.42. The second-order valence-electron chi connectivity index (χ2n) is 5.99. The standard InChI is InChI=1S/C17H14N4/c1-11-20-14-8-4-2-6-12(14)18-10-19-13-7-3-5-9-15(13)21(11)17(19)16(18)20/h2-9,11H,10H2,1H3/q+2.